The van der Waals surface area contributed by atoms with Crippen molar-refractivity contribution in [1.29, 1.82) is 0 Å². The Morgan fingerprint density at radius 2 is 2.04 bits per heavy atom. The number of anilines is 1. The zero-order chi connectivity index (χ0) is 19.6. The van der Waals surface area contributed by atoms with Crippen LogP contribution in [0.5, 0.6) is 0 Å². The summed E-state index contributed by atoms with van der Waals surface area (Å²) < 4.78 is 29.5. The average molecular weight is 410 g/mol. The first-order chi connectivity index (χ1) is 12.7. The van der Waals surface area contributed by atoms with Gasteiger partial charge >= 0.3 is 0 Å². The van der Waals surface area contributed by atoms with E-state index in [4.69, 9.17) is 11.6 Å². The van der Waals surface area contributed by atoms with Gasteiger partial charge in [0.1, 0.15) is 5.82 Å². The number of halogens is 2. The number of nitrogens with zero attached hydrogens (tertiary/aromatic N) is 2. The van der Waals surface area contributed by atoms with Gasteiger partial charge in [0.25, 0.3) is 5.91 Å². The lowest BCUT2D eigenvalue weighted by atomic mass is 10.1. The first-order valence-corrected chi connectivity index (χ1v) is 11.2. The highest BCUT2D eigenvalue weighted by molar-refractivity contribution is 7.92. The van der Waals surface area contributed by atoms with E-state index in [1.807, 2.05) is 0 Å². The Labute approximate surface area is 163 Å². The molecule has 1 N–H and O–H groups in total. The molecule has 8 heteroatoms. The number of rotatable bonds is 4. The van der Waals surface area contributed by atoms with Crippen LogP contribution >= 0.6 is 11.6 Å². The second-order valence-electron chi connectivity index (χ2n) is 6.79. The summed E-state index contributed by atoms with van der Waals surface area (Å²) in [6.07, 6.45) is 3.83. The van der Waals surface area contributed by atoms with E-state index >= 15 is 0 Å². The van der Waals surface area contributed by atoms with Crippen molar-refractivity contribution in [2.45, 2.75) is 12.5 Å². The molecule has 1 aliphatic rings. The summed E-state index contributed by atoms with van der Waals surface area (Å²) >= 11 is 5.86. The van der Waals surface area contributed by atoms with Crippen LogP contribution in [0.15, 0.2) is 46.8 Å². The molecular formula is C19H21ClFN3O2S. The van der Waals surface area contributed by atoms with E-state index in [1.54, 1.807) is 36.4 Å². The fourth-order valence-corrected chi connectivity index (χ4v) is 3.85. The smallest absolute Gasteiger partial charge is 0.253 e. The van der Waals surface area contributed by atoms with Gasteiger partial charge in [0.2, 0.25) is 0 Å². The summed E-state index contributed by atoms with van der Waals surface area (Å²) in [6, 6.07) is 11.4. The maximum absolute atomic E-state index is 13.3. The number of amides is 1. The van der Waals surface area contributed by atoms with Gasteiger partial charge in [0, 0.05) is 47.1 Å². The van der Waals surface area contributed by atoms with Crippen LogP contribution < -0.4 is 10.2 Å². The molecule has 0 bridgehead atoms. The maximum atomic E-state index is 13.3. The van der Waals surface area contributed by atoms with E-state index < -0.39 is 15.5 Å². The zero-order valence-electron chi connectivity index (χ0n) is 15.1. The van der Waals surface area contributed by atoms with Gasteiger partial charge < -0.3 is 10.2 Å². The summed E-state index contributed by atoms with van der Waals surface area (Å²) in [5.74, 6) is -0.699. The fraction of sp³-hybridized carbons (Fsp3) is 0.316. The van der Waals surface area contributed by atoms with Crippen LogP contribution in [0, 0.1) is 5.82 Å². The van der Waals surface area contributed by atoms with Crippen molar-refractivity contribution in [3.63, 3.8) is 0 Å². The minimum atomic E-state index is -2.37. The highest BCUT2D eigenvalue weighted by atomic mass is 35.5. The fourth-order valence-electron chi connectivity index (χ4n) is 3.04. The quantitative estimate of drug-likeness (QED) is 0.834. The number of hydrogen-bond donors (Lipinski definition) is 1. The van der Waals surface area contributed by atoms with Crippen molar-refractivity contribution in [2.24, 2.45) is 4.36 Å². The van der Waals surface area contributed by atoms with E-state index in [-0.39, 0.29) is 17.0 Å². The molecule has 1 atom stereocenters. The molecular weight excluding hydrogens is 389 g/mol. The maximum Gasteiger partial charge on any atom is 0.253 e. The molecule has 1 amide bonds. The third kappa shape index (κ3) is 4.99. The number of carbonyl (C=O) groups excluding carboxylic acids is 1. The van der Waals surface area contributed by atoms with E-state index in [0.29, 0.717) is 17.8 Å². The topological polar surface area (TPSA) is 61.8 Å². The molecule has 0 radical (unpaired) electrons. The predicted molar refractivity (Wildman–Crippen MR) is 108 cm³/mol. The molecule has 1 aliphatic heterocycles. The van der Waals surface area contributed by atoms with Gasteiger partial charge in [-0.2, -0.15) is 4.36 Å². The normalized spacial score (nSPS) is 17.0. The summed E-state index contributed by atoms with van der Waals surface area (Å²) in [5, 5.41) is 3.09. The lowest BCUT2D eigenvalue weighted by Gasteiger charge is -2.19. The van der Waals surface area contributed by atoms with Crippen LogP contribution in [0.4, 0.5) is 15.8 Å². The molecule has 1 unspecified atom stereocenters. The van der Waals surface area contributed by atoms with E-state index in [2.05, 4.69) is 14.6 Å². The lowest BCUT2D eigenvalue weighted by Crippen LogP contribution is -2.37. The summed E-state index contributed by atoms with van der Waals surface area (Å²) in [4.78, 5) is 14.7. The third-order valence-corrected chi connectivity index (χ3v) is 5.18. The Morgan fingerprint density at radius 3 is 2.74 bits per heavy atom. The van der Waals surface area contributed by atoms with Gasteiger partial charge in [-0.1, -0.05) is 23.7 Å². The molecule has 3 rings (SSSR count). The van der Waals surface area contributed by atoms with Crippen LogP contribution in [0.2, 0.25) is 5.02 Å². The monoisotopic (exact) mass is 409 g/mol. The number of nitrogens with one attached hydrogen (secondary N) is 1. The van der Waals surface area contributed by atoms with Gasteiger partial charge in [-0.15, -0.1) is 0 Å². The standard InChI is InChI=1S/C19H21ClFN3O2S/c1-27(2,26)23-18-6-4-3-5-15(18)19(25)22-13-9-10-24(12-13)14-7-8-17(21)16(20)11-14/h3-8,11,13H,9-10,12H2,1-2H3,(H,22,25). The first kappa shape index (κ1) is 19.6. The average Bonchev–Trinajstić information content (AvgIpc) is 3.05. The minimum absolute atomic E-state index is 0.0537. The van der Waals surface area contributed by atoms with Gasteiger partial charge in [0.15, 0.2) is 0 Å². The number of carbonyl (C=O) groups is 1. The Balaban J connectivity index is 1.71. The molecule has 0 aromatic heterocycles. The molecule has 0 aliphatic carbocycles. The summed E-state index contributed by atoms with van der Waals surface area (Å²) in [5.41, 5.74) is 1.65. The molecule has 0 spiro atoms. The summed E-state index contributed by atoms with van der Waals surface area (Å²) in [7, 11) is -2.37. The Morgan fingerprint density at radius 1 is 1.30 bits per heavy atom. The van der Waals surface area contributed by atoms with E-state index in [1.165, 1.54) is 18.6 Å². The van der Waals surface area contributed by atoms with Crippen LogP contribution in [0.3, 0.4) is 0 Å². The van der Waals surface area contributed by atoms with Crippen LogP contribution in [-0.4, -0.2) is 41.8 Å². The van der Waals surface area contributed by atoms with Gasteiger partial charge in [-0.3, -0.25) is 4.79 Å². The van der Waals surface area contributed by atoms with E-state index in [9.17, 15) is 13.4 Å². The lowest BCUT2D eigenvalue weighted by molar-refractivity contribution is 0.0941. The van der Waals surface area contributed by atoms with Gasteiger partial charge in [-0.05, 0) is 36.8 Å². The van der Waals surface area contributed by atoms with Crippen LogP contribution in [-0.2, 0) is 9.73 Å². The molecule has 1 fully saturated rings. The van der Waals surface area contributed by atoms with Crippen LogP contribution in [0.1, 0.15) is 16.8 Å². The highest BCUT2D eigenvalue weighted by Gasteiger charge is 2.25. The predicted octanol–water partition coefficient (Wildman–Crippen LogP) is 3.85. The van der Waals surface area contributed by atoms with Crippen molar-refractivity contribution in [3.05, 3.63) is 58.9 Å². The summed E-state index contributed by atoms with van der Waals surface area (Å²) in [6.45, 7) is 1.34. The van der Waals surface area contributed by atoms with Crippen molar-refractivity contribution >= 4 is 38.6 Å². The molecule has 0 saturated carbocycles. The van der Waals surface area contributed by atoms with Crippen molar-refractivity contribution in [2.75, 3.05) is 30.5 Å². The highest BCUT2D eigenvalue weighted by Crippen LogP contribution is 2.26. The van der Waals surface area contributed by atoms with Crippen LogP contribution in [0.25, 0.3) is 0 Å². The van der Waals surface area contributed by atoms with Crippen molar-refractivity contribution < 1.29 is 13.4 Å². The van der Waals surface area contributed by atoms with E-state index in [0.717, 1.165) is 18.7 Å². The molecule has 1 saturated heterocycles. The Kier molecular flexibility index (Phi) is 5.72. The molecule has 1 heterocycles. The van der Waals surface area contributed by atoms with Gasteiger partial charge in [0.05, 0.1) is 16.3 Å². The second kappa shape index (κ2) is 7.86. The Bertz CT molecular complexity index is 981. The molecule has 144 valence electrons. The third-order valence-electron chi connectivity index (χ3n) is 4.26. The molecule has 27 heavy (non-hydrogen) atoms. The SMILES string of the molecule is CS(C)(=O)=Nc1ccccc1C(=O)NC1CCN(c2ccc(F)c(Cl)c2)C1. The molecule has 2 aromatic carbocycles. The molecule has 2 aromatic rings. The first-order valence-electron chi connectivity index (χ1n) is 8.50. The zero-order valence-corrected chi connectivity index (χ0v) is 16.7. The van der Waals surface area contributed by atoms with Gasteiger partial charge in [-0.25, -0.2) is 8.60 Å². The minimum Gasteiger partial charge on any atom is -0.369 e. The second-order valence-corrected chi connectivity index (χ2v) is 9.75. The number of benzene rings is 2. The van der Waals surface area contributed by atoms with Crippen molar-refractivity contribution in [3.8, 4) is 0 Å². The largest absolute Gasteiger partial charge is 0.369 e. The molecule has 5 nitrogen and oxygen atoms in total. The van der Waals surface area contributed by atoms with Crippen molar-refractivity contribution in [1.82, 2.24) is 5.32 Å². The Hall–Kier alpha value is -2.12. The number of hydrogen-bond acceptors (Lipinski definition) is 4.